The van der Waals surface area contributed by atoms with Gasteiger partial charge in [0.05, 0.1) is 18.0 Å². The van der Waals surface area contributed by atoms with Crippen molar-refractivity contribution in [3.05, 3.63) is 17.5 Å². The Morgan fingerprint density at radius 3 is 2.76 bits per heavy atom. The average Bonchev–Trinajstić information content (AvgIpc) is 3.30. The number of morpholine rings is 1. The van der Waals surface area contributed by atoms with Crippen molar-refractivity contribution in [3.8, 4) is 0 Å². The van der Waals surface area contributed by atoms with Gasteiger partial charge >= 0.3 is 0 Å². The van der Waals surface area contributed by atoms with Crippen LogP contribution in [0.25, 0.3) is 0 Å². The first-order valence-electron chi connectivity index (χ1n) is 9.29. The molecule has 2 aliphatic heterocycles. The van der Waals surface area contributed by atoms with Gasteiger partial charge in [-0.1, -0.05) is 0 Å². The topological polar surface area (TPSA) is 62.6 Å². The van der Waals surface area contributed by atoms with E-state index >= 15 is 0 Å². The van der Waals surface area contributed by atoms with E-state index in [0.717, 1.165) is 44.3 Å². The summed E-state index contributed by atoms with van der Waals surface area (Å²) < 4.78 is 8.17. The fourth-order valence-corrected chi connectivity index (χ4v) is 4.23. The number of amides is 1. The maximum Gasteiger partial charge on any atom is 0.239 e. The van der Waals surface area contributed by atoms with E-state index < -0.39 is 0 Å². The summed E-state index contributed by atoms with van der Waals surface area (Å²) in [6.45, 7) is 7.19. The monoisotopic (exact) mass is 347 g/mol. The second-order valence-corrected chi connectivity index (χ2v) is 8.04. The molecule has 3 fully saturated rings. The van der Waals surface area contributed by atoms with Crippen LogP contribution < -0.4 is 5.32 Å². The molecule has 1 N–H and O–H groups in total. The molecular formula is C18H29N5O2. The molecule has 1 saturated carbocycles. The smallest absolute Gasteiger partial charge is 0.239 e. The molecule has 1 unspecified atom stereocenters. The summed E-state index contributed by atoms with van der Waals surface area (Å²) in [6, 6.07) is 2.01. The van der Waals surface area contributed by atoms with Crippen molar-refractivity contribution in [2.24, 2.45) is 13.0 Å². The van der Waals surface area contributed by atoms with Crippen LogP contribution in [0.15, 0.2) is 6.07 Å². The molecule has 1 amide bonds. The third kappa shape index (κ3) is 3.45. The second kappa shape index (κ2) is 6.37. The second-order valence-electron chi connectivity index (χ2n) is 8.04. The van der Waals surface area contributed by atoms with E-state index in [1.54, 1.807) is 7.05 Å². The Morgan fingerprint density at radius 1 is 1.40 bits per heavy atom. The zero-order valence-corrected chi connectivity index (χ0v) is 15.5. The van der Waals surface area contributed by atoms with Gasteiger partial charge in [0, 0.05) is 46.8 Å². The van der Waals surface area contributed by atoms with Crippen molar-refractivity contribution in [1.29, 1.82) is 0 Å². The quantitative estimate of drug-likeness (QED) is 0.821. The molecule has 7 nitrogen and oxygen atoms in total. The third-order valence-corrected chi connectivity index (χ3v) is 5.73. The molecule has 3 heterocycles. The number of carbonyl (C=O) groups is 1. The molecule has 0 radical (unpaired) electrons. The Balaban J connectivity index is 1.37. The number of likely N-dealkylation sites (N-methyl/N-ethyl adjacent to an activating group) is 1. The Morgan fingerprint density at radius 2 is 2.16 bits per heavy atom. The minimum Gasteiger partial charge on any atom is -0.369 e. The number of carbonyl (C=O) groups excluding carboxylic acids is 1. The number of aromatic nitrogens is 2. The highest BCUT2D eigenvalue weighted by Crippen LogP contribution is 2.36. The van der Waals surface area contributed by atoms with Gasteiger partial charge in [-0.05, 0) is 31.7 Å². The lowest BCUT2D eigenvalue weighted by Gasteiger charge is -2.55. The lowest BCUT2D eigenvalue weighted by molar-refractivity contribution is -0.203. The summed E-state index contributed by atoms with van der Waals surface area (Å²) in [4.78, 5) is 17.0. The van der Waals surface area contributed by atoms with Gasteiger partial charge in [0.1, 0.15) is 11.6 Å². The normalized spacial score (nSPS) is 26.6. The number of hydrogen-bond acceptors (Lipinski definition) is 5. The summed E-state index contributed by atoms with van der Waals surface area (Å²) in [5, 5.41) is 7.21. The van der Waals surface area contributed by atoms with Crippen molar-refractivity contribution >= 4 is 5.91 Å². The molecule has 1 aromatic rings. The number of likely N-dealkylation sites (tertiary alicyclic amines) is 1. The first-order chi connectivity index (χ1) is 12.0. The predicted octanol–water partition coefficient (Wildman–Crippen LogP) is 0.140. The molecular weight excluding hydrogens is 318 g/mol. The maximum absolute atomic E-state index is 12.2. The van der Waals surface area contributed by atoms with Crippen LogP contribution in [0.3, 0.4) is 0 Å². The molecule has 4 rings (SSSR count). The van der Waals surface area contributed by atoms with Crippen LogP contribution in [-0.2, 0) is 23.1 Å². The number of nitrogens with one attached hydrogen (secondary N) is 1. The largest absolute Gasteiger partial charge is 0.369 e. The average molecular weight is 347 g/mol. The van der Waals surface area contributed by atoms with E-state index in [1.165, 1.54) is 18.5 Å². The molecule has 2 saturated heterocycles. The van der Waals surface area contributed by atoms with Crippen molar-refractivity contribution in [1.82, 2.24) is 24.9 Å². The number of ether oxygens (including phenoxy) is 1. The third-order valence-electron chi connectivity index (χ3n) is 5.73. The van der Waals surface area contributed by atoms with Gasteiger partial charge in [0.15, 0.2) is 0 Å². The molecule has 7 heteroatoms. The maximum atomic E-state index is 12.2. The first kappa shape index (κ1) is 17.0. The van der Waals surface area contributed by atoms with Gasteiger partial charge in [-0.15, -0.1) is 0 Å². The van der Waals surface area contributed by atoms with Gasteiger partial charge in [0.25, 0.3) is 0 Å². The molecule has 0 aromatic carbocycles. The van der Waals surface area contributed by atoms with Crippen molar-refractivity contribution < 1.29 is 9.53 Å². The van der Waals surface area contributed by atoms with Gasteiger partial charge in [-0.3, -0.25) is 19.3 Å². The van der Waals surface area contributed by atoms with Crippen LogP contribution >= 0.6 is 0 Å². The Hall–Kier alpha value is -1.44. The molecule has 1 atom stereocenters. The fraction of sp³-hybridized carbons (Fsp3) is 0.778. The Bertz CT molecular complexity index is 648. The highest BCUT2D eigenvalue weighted by atomic mass is 16.5. The Kier molecular flexibility index (Phi) is 4.33. The van der Waals surface area contributed by atoms with Crippen molar-refractivity contribution in [2.45, 2.75) is 38.0 Å². The summed E-state index contributed by atoms with van der Waals surface area (Å²) in [5.41, 5.74) is 2.19. The van der Waals surface area contributed by atoms with Crippen LogP contribution in [-0.4, -0.2) is 77.0 Å². The molecule has 1 aliphatic carbocycles. The van der Waals surface area contributed by atoms with E-state index in [0.29, 0.717) is 6.61 Å². The fourth-order valence-electron chi connectivity index (χ4n) is 4.23. The van der Waals surface area contributed by atoms with Gasteiger partial charge in [0.2, 0.25) is 5.91 Å². The SMILES string of the molecule is CNC(=O)C1COC2(CN(Cc3cc(C)nn3C)C2)CN1CC1CC1. The molecule has 138 valence electrons. The summed E-state index contributed by atoms with van der Waals surface area (Å²) in [6.07, 6.45) is 2.60. The minimum atomic E-state index is -0.134. The van der Waals surface area contributed by atoms with Crippen LogP contribution in [0.2, 0.25) is 0 Å². The van der Waals surface area contributed by atoms with Gasteiger partial charge in [-0.25, -0.2) is 0 Å². The zero-order chi connectivity index (χ0) is 17.6. The number of hydrogen-bond donors (Lipinski definition) is 1. The minimum absolute atomic E-state index is 0.0806. The number of nitrogens with zero attached hydrogens (tertiary/aromatic N) is 4. The number of aryl methyl sites for hydroxylation is 2. The van der Waals surface area contributed by atoms with Gasteiger partial charge in [-0.2, -0.15) is 5.10 Å². The molecule has 3 aliphatic rings. The lowest BCUT2D eigenvalue weighted by atomic mass is 9.90. The highest BCUT2D eigenvalue weighted by molar-refractivity contribution is 5.81. The highest BCUT2D eigenvalue weighted by Gasteiger charge is 2.51. The van der Waals surface area contributed by atoms with Crippen LogP contribution in [0.5, 0.6) is 0 Å². The van der Waals surface area contributed by atoms with E-state index in [-0.39, 0.29) is 17.6 Å². The van der Waals surface area contributed by atoms with Crippen LogP contribution in [0.4, 0.5) is 0 Å². The van der Waals surface area contributed by atoms with Crippen molar-refractivity contribution in [3.63, 3.8) is 0 Å². The Labute approximate surface area is 149 Å². The summed E-state index contributed by atoms with van der Waals surface area (Å²) in [5.74, 6) is 0.855. The molecule has 1 aromatic heterocycles. The van der Waals surface area contributed by atoms with E-state index in [1.807, 2.05) is 18.7 Å². The van der Waals surface area contributed by atoms with E-state index in [9.17, 15) is 4.79 Å². The lowest BCUT2D eigenvalue weighted by Crippen LogP contribution is -2.72. The number of rotatable bonds is 5. The predicted molar refractivity (Wildman–Crippen MR) is 94.1 cm³/mol. The zero-order valence-electron chi connectivity index (χ0n) is 15.5. The van der Waals surface area contributed by atoms with Gasteiger partial charge < -0.3 is 10.1 Å². The standard InChI is InChI=1S/C18H29N5O2/c1-13-6-15(21(3)20-13)8-22-10-18(11-22)12-23(7-14-4-5-14)16(9-25-18)17(24)19-2/h6,14,16H,4-5,7-12H2,1-3H3,(H,19,24). The first-order valence-corrected chi connectivity index (χ1v) is 9.29. The molecule has 1 spiro atoms. The van der Waals surface area contributed by atoms with E-state index in [2.05, 4.69) is 26.3 Å². The summed E-state index contributed by atoms with van der Waals surface area (Å²) in [7, 11) is 3.71. The summed E-state index contributed by atoms with van der Waals surface area (Å²) >= 11 is 0. The molecule has 0 bridgehead atoms. The van der Waals surface area contributed by atoms with E-state index in [4.69, 9.17) is 4.74 Å². The van der Waals surface area contributed by atoms with Crippen molar-refractivity contribution in [2.75, 3.05) is 39.8 Å². The van der Waals surface area contributed by atoms with Crippen LogP contribution in [0, 0.1) is 12.8 Å². The molecule has 25 heavy (non-hydrogen) atoms. The van der Waals surface area contributed by atoms with Crippen LogP contribution in [0.1, 0.15) is 24.2 Å².